The van der Waals surface area contributed by atoms with Gasteiger partial charge in [0.05, 0.1) is 18.8 Å². The van der Waals surface area contributed by atoms with E-state index < -0.39 is 5.97 Å². The third kappa shape index (κ3) is 12.9. The quantitative estimate of drug-likeness (QED) is 0.0776. The number of aryl methyl sites for hydroxylation is 2. The molecule has 4 rings (SSSR count). The van der Waals surface area contributed by atoms with Crippen LogP contribution in [0.15, 0.2) is 60.7 Å². The lowest BCUT2D eigenvalue weighted by atomic mass is 9.67. The van der Waals surface area contributed by atoms with Crippen LogP contribution in [0.5, 0.6) is 0 Å². The van der Waals surface area contributed by atoms with Gasteiger partial charge in [0.15, 0.2) is 0 Å². The van der Waals surface area contributed by atoms with E-state index in [1.165, 1.54) is 92.0 Å². The first-order valence-corrected chi connectivity index (χ1v) is 19.4. The summed E-state index contributed by atoms with van der Waals surface area (Å²) in [5.41, 5.74) is 9.09. The molecule has 0 spiro atoms. The zero-order valence-electron chi connectivity index (χ0n) is 31.9. The van der Waals surface area contributed by atoms with Gasteiger partial charge in [0.2, 0.25) is 0 Å². The van der Waals surface area contributed by atoms with E-state index in [1.54, 1.807) is 19.6 Å². The fourth-order valence-corrected chi connectivity index (χ4v) is 8.42. The number of rotatable bonds is 17. The molecule has 0 bridgehead atoms. The van der Waals surface area contributed by atoms with Crippen molar-refractivity contribution < 1.29 is 24.2 Å². The minimum Gasteiger partial charge on any atom is -0.462 e. The molecule has 5 nitrogen and oxygen atoms in total. The first-order chi connectivity index (χ1) is 24.1. The van der Waals surface area contributed by atoms with Crippen molar-refractivity contribution in [2.75, 3.05) is 26.9 Å². The highest BCUT2D eigenvalue weighted by Gasteiger charge is 2.31. The largest absolute Gasteiger partial charge is 0.462 e. The number of hydrogen-bond acceptors (Lipinski definition) is 5. The monoisotopic (exact) mass is 686 g/mol. The van der Waals surface area contributed by atoms with Crippen LogP contribution >= 0.6 is 0 Å². The lowest BCUT2D eigenvalue weighted by molar-refractivity contribution is -0.139. The van der Waals surface area contributed by atoms with Crippen molar-refractivity contribution in [1.82, 2.24) is 0 Å². The summed E-state index contributed by atoms with van der Waals surface area (Å²) < 4.78 is 10.8. The summed E-state index contributed by atoms with van der Waals surface area (Å²) in [6.07, 6.45) is 18.6. The van der Waals surface area contributed by atoms with E-state index in [2.05, 4.69) is 70.3 Å². The minimum atomic E-state index is -0.519. The van der Waals surface area contributed by atoms with Crippen LogP contribution in [-0.2, 0) is 31.9 Å². The van der Waals surface area contributed by atoms with Crippen molar-refractivity contribution in [1.29, 1.82) is 0 Å². The maximum absolute atomic E-state index is 11.8. The fourth-order valence-electron chi connectivity index (χ4n) is 8.42. The lowest BCUT2D eigenvalue weighted by Gasteiger charge is -2.38. The van der Waals surface area contributed by atoms with Crippen LogP contribution in [-0.4, -0.2) is 44.3 Å². The number of aliphatic hydroxyl groups excluding tert-OH is 1. The highest BCUT2D eigenvalue weighted by atomic mass is 16.5. The number of carbonyl (C=O) groups is 2. The Balaban J connectivity index is 0.00000126. The van der Waals surface area contributed by atoms with Crippen LogP contribution in [0, 0.1) is 30.6 Å². The summed E-state index contributed by atoms with van der Waals surface area (Å²) in [5, 5.41) is 9.04. The second-order valence-electron chi connectivity index (χ2n) is 15.1. The molecular formula is C45H66O5. The molecule has 1 unspecified atom stereocenters. The number of hydrogen-bond donors (Lipinski definition) is 1. The Kier molecular flexibility index (Phi) is 18.2. The van der Waals surface area contributed by atoms with Gasteiger partial charge in [0, 0.05) is 13.7 Å². The Bertz CT molecular complexity index is 1360. The molecule has 0 heterocycles. The van der Waals surface area contributed by atoms with E-state index in [0.29, 0.717) is 24.7 Å². The predicted molar refractivity (Wildman–Crippen MR) is 207 cm³/mol. The molecule has 1 atom stereocenters. The Morgan fingerprint density at radius 2 is 1.64 bits per heavy atom. The van der Waals surface area contributed by atoms with Gasteiger partial charge in [-0.05, 0) is 147 Å². The van der Waals surface area contributed by atoms with Crippen molar-refractivity contribution in [2.24, 2.45) is 23.7 Å². The van der Waals surface area contributed by atoms with Crippen LogP contribution < -0.4 is 0 Å². The van der Waals surface area contributed by atoms with E-state index in [1.807, 2.05) is 0 Å². The predicted octanol–water partition coefficient (Wildman–Crippen LogP) is 10.5. The van der Waals surface area contributed by atoms with Crippen LogP contribution in [0.3, 0.4) is 0 Å². The summed E-state index contributed by atoms with van der Waals surface area (Å²) in [6, 6.07) is 14.2. The molecular weight excluding hydrogens is 620 g/mol. The second kappa shape index (κ2) is 22.0. The van der Waals surface area contributed by atoms with Gasteiger partial charge in [-0.15, -0.1) is 0 Å². The first kappa shape index (κ1) is 41.4. The van der Waals surface area contributed by atoms with Gasteiger partial charge in [0.25, 0.3) is 0 Å². The summed E-state index contributed by atoms with van der Waals surface area (Å²) in [6.45, 7) is 16.0. The minimum absolute atomic E-state index is 0.0952. The van der Waals surface area contributed by atoms with Crippen molar-refractivity contribution in [3.8, 4) is 11.1 Å². The Hall–Kier alpha value is -3.02. The van der Waals surface area contributed by atoms with E-state index in [-0.39, 0.29) is 12.2 Å². The number of allylic oxidation sites excluding steroid dienone is 1. The topological polar surface area (TPSA) is 72.8 Å². The third-order valence-electron chi connectivity index (χ3n) is 11.2. The van der Waals surface area contributed by atoms with E-state index in [9.17, 15) is 9.59 Å². The molecule has 5 heteroatoms. The molecule has 0 aromatic heterocycles. The molecule has 0 radical (unpaired) electrons. The number of esters is 1. The molecule has 2 fully saturated rings. The van der Waals surface area contributed by atoms with Crippen molar-refractivity contribution in [3.63, 3.8) is 0 Å². The average molecular weight is 687 g/mol. The maximum atomic E-state index is 11.8. The number of benzene rings is 2. The maximum Gasteiger partial charge on any atom is 0.335 e. The normalized spacial score (nSPS) is 21.0. The van der Waals surface area contributed by atoms with Gasteiger partial charge in [0.1, 0.15) is 6.29 Å². The number of methoxy groups -OCH3 is 1. The lowest BCUT2D eigenvalue weighted by Crippen LogP contribution is -2.25. The highest BCUT2D eigenvalue weighted by Crippen LogP contribution is 2.45. The van der Waals surface area contributed by atoms with Crippen molar-refractivity contribution in [3.05, 3.63) is 83.0 Å². The first-order valence-electron chi connectivity index (χ1n) is 19.4. The molecule has 50 heavy (non-hydrogen) atoms. The van der Waals surface area contributed by atoms with Crippen molar-refractivity contribution >= 4 is 12.3 Å². The van der Waals surface area contributed by atoms with Gasteiger partial charge >= 0.3 is 5.97 Å². The van der Waals surface area contributed by atoms with Gasteiger partial charge in [-0.1, -0.05) is 89.1 Å². The van der Waals surface area contributed by atoms with E-state index in [4.69, 9.17) is 14.6 Å². The molecule has 276 valence electrons. The van der Waals surface area contributed by atoms with Crippen molar-refractivity contribution in [2.45, 2.75) is 124 Å². The smallest absolute Gasteiger partial charge is 0.335 e. The van der Waals surface area contributed by atoms with E-state index >= 15 is 0 Å². The number of ether oxygens (including phenoxy) is 2. The molecule has 2 aliphatic rings. The van der Waals surface area contributed by atoms with Crippen LogP contribution in [0.2, 0.25) is 0 Å². The SMILES string of the molecule is C=C(C)C=O.C=C(CO)C(=O)OCCCC(COC)Cc1ccc(-c2ccc(C3CCC(C4CCC(CCC)CC4)CC3)c(C)c2)c(CC)c1. The van der Waals surface area contributed by atoms with Gasteiger partial charge < -0.3 is 14.6 Å². The molecule has 2 aliphatic carbocycles. The number of carbonyl (C=O) groups excluding carboxylic acids is 2. The molecule has 1 N–H and O–H groups in total. The highest BCUT2D eigenvalue weighted by molar-refractivity contribution is 5.87. The van der Waals surface area contributed by atoms with E-state index in [0.717, 1.165) is 55.6 Å². The average Bonchev–Trinajstić information content (AvgIpc) is 3.13. The van der Waals surface area contributed by atoms with Gasteiger partial charge in [-0.2, -0.15) is 0 Å². The van der Waals surface area contributed by atoms with Crippen LogP contribution in [0.4, 0.5) is 0 Å². The molecule has 2 saturated carbocycles. The summed E-state index contributed by atoms with van der Waals surface area (Å²) in [5.74, 6) is 3.51. The van der Waals surface area contributed by atoms with Gasteiger partial charge in [-0.3, -0.25) is 4.79 Å². The zero-order chi connectivity index (χ0) is 36.5. The molecule has 2 aromatic carbocycles. The second-order valence-corrected chi connectivity index (χ2v) is 15.1. The summed E-state index contributed by atoms with van der Waals surface area (Å²) >= 11 is 0. The third-order valence-corrected chi connectivity index (χ3v) is 11.2. The van der Waals surface area contributed by atoms with Crippen LogP contribution in [0.25, 0.3) is 11.1 Å². The molecule has 2 aromatic rings. The molecule has 0 amide bonds. The fraction of sp³-hybridized carbons (Fsp3) is 0.600. The number of aldehydes is 1. The zero-order valence-corrected chi connectivity index (χ0v) is 31.9. The summed E-state index contributed by atoms with van der Waals surface area (Å²) in [7, 11) is 1.75. The Labute approximate surface area is 303 Å². The summed E-state index contributed by atoms with van der Waals surface area (Å²) in [4.78, 5) is 21.2. The number of aliphatic hydroxyl groups is 1. The van der Waals surface area contributed by atoms with Crippen LogP contribution in [0.1, 0.15) is 126 Å². The van der Waals surface area contributed by atoms with Gasteiger partial charge in [-0.25, -0.2) is 4.79 Å². The Morgan fingerprint density at radius 1 is 0.980 bits per heavy atom. The standard InChI is InChI=1S/C41H60O4.C4H6O/c1-6-9-31-11-14-35(15-12-31)36-16-18-37(19-17-36)39-22-20-38(24-29(39)3)40-21-13-32(26-34(40)7-2)25-33(28-44-5)10-8-23-45-41(43)30(4)27-42;1-4(2)3-5/h13,20-22,24,26,31,33,35-37,42H,4,6-12,14-19,23,25,27-28H2,1-3,5H3;3H,1H2,2H3. The Morgan fingerprint density at radius 3 is 2.20 bits per heavy atom. The molecule has 0 aliphatic heterocycles. The molecule has 0 saturated heterocycles.